The maximum atomic E-state index is 12.3. The third-order valence-electron chi connectivity index (χ3n) is 3.30. The van der Waals surface area contributed by atoms with E-state index in [4.69, 9.17) is 4.42 Å². The number of carbonyl (C=O) groups excluding carboxylic acids is 1. The molecule has 6 nitrogen and oxygen atoms in total. The molecule has 0 saturated carbocycles. The molecule has 0 aliphatic carbocycles. The standard InChI is InChI=1S/C15H17BrN2O4S/c1-9-5-6-11(8-12(9)23(20,21)18(3)4)17-15(19)14-10(2)7-13(16)22-14/h5-8H,1-4H3,(H,17,19). The number of hydrogen-bond donors (Lipinski definition) is 1. The van der Waals surface area contributed by atoms with Gasteiger partial charge in [0.1, 0.15) is 0 Å². The number of rotatable bonds is 4. The molecule has 1 N–H and O–H groups in total. The molecule has 0 saturated heterocycles. The van der Waals surface area contributed by atoms with E-state index in [-0.39, 0.29) is 10.7 Å². The maximum absolute atomic E-state index is 12.3. The smallest absolute Gasteiger partial charge is 0.291 e. The SMILES string of the molecule is Cc1ccc(NC(=O)c2oc(Br)cc2C)cc1S(=O)(=O)N(C)C. The number of sulfonamides is 1. The molecule has 0 fully saturated rings. The molecule has 0 aliphatic rings. The summed E-state index contributed by atoms with van der Waals surface area (Å²) < 4.78 is 31.5. The van der Waals surface area contributed by atoms with Crippen LogP contribution in [0.4, 0.5) is 5.69 Å². The Morgan fingerprint density at radius 3 is 2.35 bits per heavy atom. The van der Waals surface area contributed by atoms with E-state index in [2.05, 4.69) is 21.2 Å². The van der Waals surface area contributed by atoms with Crippen LogP contribution in [0.1, 0.15) is 21.7 Å². The van der Waals surface area contributed by atoms with Crippen LogP contribution < -0.4 is 5.32 Å². The number of furan rings is 1. The van der Waals surface area contributed by atoms with Gasteiger partial charge in [0.2, 0.25) is 10.0 Å². The lowest BCUT2D eigenvalue weighted by Crippen LogP contribution is -2.23. The number of benzene rings is 1. The van der Waals surface area contributed by atoms with E-state index in [1.165, 1.54) is 20.2 Å². The van der Waals surface area contributed by atoms with Crippen molar-refractivity contribution in [1.82, 2.24) is 4.31 Å². The van der Waals surface area contributed by atoms with Crippen LogP contribution in [-0.2, 0) is 10.0 Å². The molecule has 23 heavy (non-hydrogen) atoms. The predicted octanol–water partition coefficient (Wildman–Crippen LogP) is 3.16. The Morgan fingerprint density at radius 1 is 1.17 bits per heavy atom. The Labute approximate surface area is 143 Å². The van der Waals surface area contributed by atoms with E-state index in [9.17, 15) is 13.2 Å². The zero-order chi connectivity index (χ0) is 17.4. The first-order valence-electron chi connectivity index (χ1n) is 6.73. The van der Waals surface area contributed by atoms with Crippen molar-refractivity contribution < 1.29 is 17.6 Å². The molecule has 0 bridgehead atoms. The maximum Gasteiger partial charge on any atom is 0.291 e. The van der Waals surface area contributed by atoms with E-state index in [1.807, 2.05) is 0 Å². The van der Waals surface area contributed by atoms with E-state index in [0.717, 1.165) is 4.31 Å². The summed E-state index contributed by atoms with van der Waals surface area (Å²) in [5.74, 6) is -0.264. The largest absolute Gasteiger partial charge is 0.444 e. The molecule has 8 heteroatoms. The zero-order valence-electron chi connectivity index (χ0n) is 13.2. The van der Waals surface area contributed by atoms with Gasteiger partial charge >= 0.3 is 0 Å². The van der Waals surface area contributed by atoms with Gasteiger partial charge in [-0.05, 0) is 53.5 Å². The Morgan fingerprint density at radius 2 is 1.83 bits per heavy atom. The summed E-state index contributed by atoms with van der Waals surface area (Å²) >= 11 is 3.17. The van der Waals surface area contributed by atoms with E-state index in [1.54, 1.807) is 32.0 Å². The summed E-state index contributed by atoms with van der Waals surface area (Å²) in [4.78, 5) is 12.4. The highest BCUT2D eigenvalue weighted by Crippen LogP contribution is 2.24. The topological polar surface area (TPSA) is 79.6 Å². The Bertz CT molecular complexity index is 856. The second-order valence-electron chi connectivity index (χ2n) is 5.28. The first-order valence-corrected chi connectivity index (χ1v) is 8.96. The van der Waals surface area contributed by atoms with Crippen LogP contribution in [-0.4, -0.2) is 32.7 Å². The minimum atomic E-state index is -3.58. The van der Waals surface area contributed by atoms with Gasteiger partial charge in [-0.3, -0.25) is 4.79 Å². The molecule has 0 atom stereocenters. The van der Waals surface area contributed by atoms with Crippen LogP contribution in [0.2, 0.25) is 0 Å². The number of halogens is 1. The van der Waals surface area contributed by atoms with Crippen LogP contribution in [0.25, 0.3) is 0 Å². The second-order valence-corrected chi connectivity index (χ2v) is 8.19. The molecule has 1 aromatic carbocycles. The summed E-state index contributed by atoms with van der Waals surface area (Å²) in [6.45, 7) is 3.45. The van der Waals surface area contributed by atoms with Crippen molar-refractivity contribution in [2.24, 2.45) is 0 Å². The predicted molar refractivity (Wildman–Crippen MR) is 91.2 cm³/mol. The average molecular weight is 401 g/mol. The van der Waals surface area contributed by atoms with Gasteiger partial charge in [-0.25, -0.2) is 12.7 Å². The summed E-state index contributed by atoms with van der Waals surface area (Å²) in [6, 6.07) is 6.42. The third-order valence-corrected chi connectivity index (χ3v) is 5.65. The van der Waals surface area contributed by atoms with Crippen molar-refractivity contribution in [2.75, 3.05) is 19.4 Å². The molecular weight excluding hydrogens is 384 g/mol. The molecule has 0 aliphatic heterocycles. The van der Waals surface area contributed by atoms with Crippen molar-refractivity contribution in [3.8, 4) is 0 Å². The van der Waals surface area contributed by atoms with E-state index in [0.29, 0.717) is 21.5 Å². The fourth-order valence-electron chi connectivity index (χ4n) is 2.01. The van der Waals surface area contributed by atoms with Gasteiger partial charge in [0, 0.05) is 25.3 Å². The second kappa shape index (κ2) is 6.46. The van der Waals surface area contributed by atoms with Gasteiger partial charge in [0.25, 0.3) is 5.91 Å². The van der Waals surface area contributed by atoms with Gasteiger partial charge in [0.05, 0.1) is 4.90 Å². The third kappa shape index (κ3) is 3.65. The van der Waals surface area contributed by atoms with Gasteiger partial charge < -0.3 is 9.73 Å². The number of hydrogen-bond acceptors (Lipinski definition) is 4. The molecular formula is C15H17BrN2O4S. The number of aryl methyl sites for hydroxylation is 2. The molecule has 1 heterocycles. The summed E-state index contributed by atoms with van der Waals surface area (Å²) in [5.41, 5.74) is 1.67. The van der Waals surface area contributed by atoms with Crippen molar-refractivity contribution in [1.29, 1.82) is 0 Å². The van der Waals surface area contributed by atoms with Crippen molar-refractivity contribution >= 4 is 37.5 Å². The Kier molecular flexibility index (Phi) is 4.98. The average Bonchev–Trinajstić information content (AvgIpc) is 2.79. The summed E-state index contributed by atoms with van der Waals surface area (Å²) in [7, 11) is -0.659. The lowest BCUT2D eigenvalue weighted by Gasteiger charge is -2.15. The highest BCUT2D eigenvalue weighted by Gasteiger charge is 2.21. The fraction of sp³-hybridized carbons (Fsp3) is 0.267. The lowest BCUT2D eigenvalue weighted by atomic mass is 10.2. The number of anilines is 1. The van der Waals surface area contributed by atoms with Crippen LogP contribution in [0.5, 0.6) is 0 Å². The van der Waals surface area contributed by atoms with Gasteiger partial charge in [-0.1, -0.05) is 6.07 Å². The highest BCUT2D eigenvalue weighted by atomic mass is 79.9. The van der Waals surface area contributed by atoms with Gasteiger partial charge in [0.15, 0.2) is 10.4 Å². The van der Waals surface area contributed by atoms with Crippen LogP contribution in [0.3, 0.4) is 0 Å². The highest BCUT2D eigenvalue weighted by molar-refractivity contribution is 9.10. The summed E-state index contributed by atoms with van der Waals surface area (Å²) in [5, 5.41) is 2.65. The van der Waals surface area contributed by atoms with Crippen molar-refractivity contribution in [3.05, 3.63) is 45.8 Å². The van der Waals surface area contributed by atoms with E-state index >= 15 is 0 Å². The fourth-order valence-corrected chi connectivity index (χ4v) is 3.66. The lowest BCUT2D eigenvalue weighted by molar-refractivity contribution is 0.0994. The van der Waals surface area contributed by atoms with Crippen molar-refractivity contribution in [2.45, 2.75) is 18.7 Å². The quantitative estimate of drug-likeness (QED) is 0.854. The van der Waals surface area contributed by atoms with Crippen LogP contribution in [0, 0.1) is 13.8 Å². The van der Waals surface area contributed by atoms with Gasteiger partial charge in [-0.2, -0.15) is 0 Å². The monoisotopic (exact) mass is 400 g/mol. The molecule has 0 unspecified atom stereocenters. The Balaban J connectivity index is 2.35. The minimum absolute atomic E-state index is 0.151. The van der Waals surface area contributed by atoms with Crippen LogP contribution >= 0.6 is 15.9 Å². The molecule has 2 aromatic rings. The molecule has 2 rings (SSSR count). The molecule has 0 spiro atoms. The first-order chi connectivity index (χ1) is 10.6. The number of amides is 1. The summed E-state index contributed by atoms with van der Waals surface area (Å²) in [6.07, 6.45) is 0. The first kappa shape index (κ1) is 17.7. The van der Waals surface area contributed by atoms with Crippen molar-refractivity contribution in [3.63, 3.8) is 0 Å². The number of carbonyl (C=O) groups is 1. The Hall–Kier alpha value is -1.64. The molecule has 124 valence electrons. The van der Waals surface area contributed by atoms with Gasteiger partial charge in [-0.15, -0.1) is 0 Å². The molecule has 1 aromatic heterocycles. The van der Waals surface area contributed by atoms with E-state index < -0.39 is 15.9 Å². The van der Waals surface area contributed by atoms with Crippen LogP contribution in [0.15, 0.2) is 38.2 Å². The number of nitrogens with one attached hydrogen (secondary N) is 1. The number of nitrogens with zero attached hydrogens (tertiary/aromatic N) is 1. The minimum Gasteiger partial charge on any atom is -0.444 e. The molecule has 0 radical (unpaired) electrons. The zero-order valence-corrected chi connectivity index (χ0v) is 15.6. The molecule has 1 amide bonds. The normalized spacial score (nSPS) is 11.7.